The first-order chi connectivity index (χ1) is 7.63. The first-order valence-corrected chi connectivity index (χ1v) is 5.74. The molecule has 4 heteroatoms. The summed E-state index contributed by atoms with van der Waals surface area (Å²) >= 11 is 4.21. The minimum Gasteiger partial charge on any atom is -0.344 e. The predicted molar refractivity (Wildman–Crippen MR) is 69.0 cm³/mol. The van der Waals surface area contributed by atoms with Crippen LogP contribution in [0.5, 0.6) is 0 Å². The largest absolute Gasteiger partial charge is 0.344 e. The summed E-state index contributed by atoms with van der Waals surface area (Å²) in [4.78, 5) is 14.4. The van der Waals surface area contributed by atoms with E-state index < -0.39 is 0 Å². The van der Waals surface area contributed by atoms with Gasteiger partial charge < -0.3 is 10.2 Å². The van der Waals surface area contributed by atoms with Gasteiger partial charge in [-0.25, -0.2) is 0 Å². The lowest BCUT2D eigenvalue weighted by molar-refractivity contribution is -0.129. The molecule has 1 aromatic carbocycles. The van der Waals surface area contributed by atoms with Gasteiger partial charge in [0.15, 0.2) is 0 Å². The second-order valence-electron chi connectivity index (χ2n) is 3.76. The molecule has 1 aromatic rings. The number of benzene rings is 1. The average molecular weight is 238 g/mol. The number of carbonyl (C=O) groups is 1. The zero-order chi connectivity index (χ0) is 12.0. The van der Waals surface area contributed by atoms with E-state index in [-0.39, 0.29) is 5.91 Å². The van der Waals surface area contributed by atoms with Crippen molar-refractivity contribution in [3.05, 3.63) is 29.8 Å². The van der Waals surface area contributed by atoms with Gasteiger partial charge in [0.25, 0.3) is 0 Å². The lowest BCUT2D eigenvalue weighted by Crippen LogP contribution is -2.33. The molecule has 0 aliphatic rings. The number of likely N-dealkylation sites (N-methyl/N-ethyl adjacent to an activating group) is 2. The number of hydrogen-bond donors (Lipinski definition) is 2. The van der Waals surface area contributed by atoms with Crippen LogP contribution in [0.2, 0.25) is 0 Å². The van der Waals surface area contributed by atoms with Crippen molar-refractivity contribution in [2.24, 2.45) is 0 Å². The molecule has 0 atom stereocenters. The van der Waals surface area contributed by atoms with E-state index in [1.165, 1.54) is 0 Å². The quantitative estimate of drug-likeness (QED) is 0.755. The van der Waals surface area contributed by atoms with Crippen molar-refractivity contribution >= 4 is 18.5 Å². The predicted octanol–water partition coefficient (Wildman–Crippen LogP) is 1.20. The maximum atomic E-state index is 11.8. The van der Waals surface area contributed by atoms with E-state index in [0.717, 1.165) is 23.5 Å². The SMILES string of the molecule is CNCCN(C)C(=O)Cc1ccc(S)cc1. The molecule has 0 spiro atoms. The highest BCUT2D eigenvalue weighted by Gasteiger charge is 2.08. The second kappa shape index (κ2) is 6.55. The van der Waals surface area contributed by atoms with Crippen LogP contribution in [0.4, 0.5) is 0 Å². The summed E-state index contributed by atoms with van der Waals surface area (Å²) in [6.07, 6.45) is 0.453. The van der Waals surface area contributed by atoms with Gasteiger partial charge in [-0.15, -0.1) is 12.6 Å². The molecular weight excluding hydrogens is 220 g/mol. The highest BCUT2D eigenvalue weighted by molar-refractivity contribution is 7.80. The minimum absolute atomic E-state index is 0.141. The Bertz CT molecular complexity index is 337. The van der Waals surface area contributed by atoms with Crippen LogP contribution in [0.1, 0.15) is 5.56 Å². The fourth-order valence-corrected chi connectivity index (χ4v) is 1.48. The maximum Gasteiger partial charge on any atom is 0.226 e. The minimum atomic E-state index is 0.141. The summed E-state index contributed by atoms with van der Waals surface area (Å²) in [6, 6.07) is 7.68. The number of rotatable bonds is 5. The van der Waals surface area contributed by atoms with Crippen LogP contribution in [0.25, 0.3) is 0 Å². The van der Waals surface area contributed by atoms with E-state index in [1.54, 1.807) is 4.90 Å². The third-order valence-electron chi connectivity index (χ3n) is 2.41. The fourth-order valence-electron chi connectivity index (χ4n) is 1.33. The monoisotopic (exact) mass is 238 g/mol. The van der Waals surface area contributed by atoms with E-state index in [0.29, 0.717) is 6.42 Å². The van der Waals surface area contributed by atoms with Crippen LogP contribution in [-0.4, -0.2) is 38.0 Å². The molecule has 0 fully saturated rings. The smallest absolute Gasteiger partial charge is 0.226 e. The lowest BCUT2D eigenvalue weighted by atomic mass is 10.1. The molecule has 1 rings (SSSR count). The third-order valence-corrected chi connectivity index (χ3v) is 2.71. The molecule has 0 aliphatic heterocycles. The number of thiol groups is 1. The van der Waals surface area contributed by atoms with Crippen molar-refractivity contribution in [2.45, 2.75) is 11.3 Å². The highest BCUT2D eigenvalue weighted by Crippen LogP contribution is 2.08. The number of nitrogens with one attached hydrogen (secondary N) is 1. The normalized spacial score (nSPS) is 10.2. The Morgan fingerprint density at radius 2 is 2.00 bits per heavy atom. The summed E-state index contributed by atoms with van der Waals surface area (Å²) in [5, 5.41) is 3.02. The number of amides is 1. The number of hydrogen-bond acceptors (Lipinski definition) is 3. The van der Waals surface area contributed by atoms with Gasteiger partial charge in [-0.05, 0) is 24.7 Å². The molecule has 88 valence electrons. The van der Waals surface area contributed by atoms with E-state index in [2.05, 4.69) is 17.9 Å². The van der Waals surface area contributed by atoms with Crippen molar-refractivity contribution < 1.29 is 4.79 Å². The van der Waals surface area contributed by atoms with Gasteiger partial charge in [-0.1, -0.05) is 12.1 Å². The first-order valence-electron chi connectivity index (χ1n) is 5.30. The Labute approximate surface area is 102 Å². The Hall–Kier alpha value is -1.00. The van der Waals surface area contributed by atoms with Crippen LogP contribution in [0.3, 0.4) is 0 Å². The van der Waals surface area contributed by atoms with Gasteiger partial charge in [0.1, 0.15) is 0 Å². The standard InChI is InChI=1S/C12H18N2OS/c1-13-7-8-14(2)12(15)9-10-3-5-11(16)6-4-10/h3-6,13,16H,7-9H2,1-2H3. The van der Waals surface area contributed by atoms with E-state index in [4.69, 9.17) is 0 Å². The molecule has 0 heterocycles. The van der Waals surface area contributed by atoms with Crippen LogP contribution in [0.15, 0.2) is 29.2 Å². The van der Waals surface area contributed by atoms with E-state index >= 15 is 0 Å². The molecule has 0 radical (unpaired) electrons. The number of nitrogens with zero attached hydrogens (tertiary/aromatic N) is 1. The van der Waals surface area contributed by atoms with Crippen LogP contribution in [0, 0.1) is 0 Å². The van der Waals surface area contributed by atoms with Gasteiger partial charge in [0.2, 0.25) is 5.91 Å². The van der Waals surface area contributed by atoms with Crippen LogP contribution in [-0.2, 0) is 11.2 Å². The van der Waals surface area contributed by atoms with E-state index in [1.807, 2.05) is 38.4 Å². The van der Waals surface area contributed by atoms with Crippen molar-refractivity contribution in [2.75, 3.05) is 27.2 Å². The van der Waals surface area contributed by atoms with Gasteiger partial charge >= 0.3 is 0 Å². The fraction of sp³-hybridized carbons (Fsp3) is 0.417. The Morgan fingerprint density at radius 1 is 1.38 bits per heavy atom. The van der Waals surface area contributed by atoms with Crippen molar-refractivity contribution in [3.63, 3.8) is 0 Å². The highest BCUT2D eigenvalue weighted by atomic mass is 32.1. The van der Waals surface area contributed by atoms with Gasteiger partial charge in [-0.2, -0.15) is 0 Å². The maximum absolute atomic E-state index is 11.8. The Kier molecular flexibility index (Phi) is 5.35. The molecule has 1 N–H and O–H groups in total. The summed E-state index contributed by atoms with van der Waals surface area (Å²) in [5.41, 5.74) is 1.03. The first kappa shape index (κ1) is 13.1. The third kappa shape index (κ3) is 4.24. The van der Waals surface area contributed by atoms with Crippen molar-refractivity contribution in [3.8, 4) is 0 Å². The zero-order valence-electron chi connectivity index (χ0n) is 9.73. The molecule has 0 aromatic heterocycles. The van der Waals surface area contributed by atoms with Crippen LogP contribution >= 0.6 is 12.6 Å². The number of carbonyl (C=O) groups excluding carboxylic acids is 1. The summed E-state index contributed by atoms with van der Waals surface area (Å²) < 4.78 is 0. The summed E-state index contributed by atoms with van der Waals surface area (Å²) in [5.74, 6) is 0.141. The topological polar surface area (TPSA) is 32.3 Å². The Balaban J connectivity index is 2.47. The van der Waals surface area contributed by atoms with Gasteiger partial charge in [0.05, 0.1) is 6.42 Å². The molecule has 3 nitrogen and oxygen atoms in total. The molecule has 0 aliphatic carbocycles. The van der Waals surface area contributed by atoms with E-state index in [9.17, 15) is 4.79 Å². The lowest BCUT2D eigenvalue weighted by Gasteiger charge is -2.16. The molecule has 1 amide bonds. The van der Waals surface area contributed by atoms with Crippen LogP contribution < -0.4 is 5.32 Å². The molecule has 0 unspecified atom stereocenters. The molecule has 0 saturated carbocycles. The van der Waals surface area contributed by atoms with Gasteiger partial charge in [0, 0.05) is 25.0 Å². The summed E-state index contributed by atoms with van der Waals surface area (Å²) in [6.45, 7) is 1.55. The molecule has 0 saturated heterocycles. The molecule has 0 bridgehead atoms. The zero-order valence-corrected chi connectivity index (χ0v) is 10.6. The van der Waals surface area contributed by atoms with Gasteiger partial charge in [-0.3, -0.25) is 4.79 Å². The summed E-state index contributed by atoms with van der Waals surface area (Å²) in [7, 11) is 3.70. The second-order valence-corrected chi connectivity index (χ2v) is 4.28. The molecular formula is C12H18N2OS. The van der Waals surface area contributed by atoms with Crippen molar-refractivity contribution in [1.82, 2.24) is 10.2 Å². The Morgan fingerprint density at radius 3 is 2.56 bits per heavy atom. The van der Waals surface area contributed by atoms with Crippen molar-refractivity contribution in [1.29, 1.82) is 0 Å². The average Bonchev–Trinajstić information content (AvgIpc) is 2.29. The molecule has 16 heavy (non-hydrogen) atoms.